The van der Waals surface area contributed by atoms with Gasteiger partial charge in [-0.05, 0) is 16.7 Å². The van der Waals surface area contributed by atoms with Crippen LogP contribution < -0.4 is 10.2 Å². The SMILES string of the molecule is CC([O-])=C1C=CC=C1.[Fe+2].[O-]C(=C1C=CC=C1)c1ccccc1. The molecular weight excluding hydrogens is 316 g/mol. The van der Waals surface area contributed by atoms with Crippen molar-refractivity contribution in [3.8, 4) is 0 Å². The maximum absolute atomic E-state index is 11.7. The molecule has 22 heavy (non-hydrogen) atoms. The zero-order chi connectivity index (χ0) is 15.1. The summed E-state index contributed by atoms with van der Waals surface area (Å²) in [6.07, 6.45) is 14.7. The Bertz CT molecular complexity index is 643. The molecule has 2 nitrogen and oxygen atoms in total. The van der Waals surface area contributed by atoms with Gasteiger partial charge in [0.25, 0.3) is 0 Å². The molecule has 0 heterocycles. The number of hydrogen-bond donors (Lipinski definition) is 0. The molecule has 0 unspecified atom stereocenters. The maximum atomic E-state index is 11.7. The molecule has 0 aromatic heterocycles. The van der Waals surface area contributed by atoms with Gasteiger partial charge in [0, 0.05) is 0 Å². The minimum Gasteiger partial charge on any atom is -0.875 e. The van der Waals surface area contributed by atoms with Crippen molar-refractivity contribution in [2.24, 2.45) is 0 Å². The van der Waals surface area contributed by atoms with Crippen molar-refractivity contribution >= 4 is 5.76 Å². The molecule has 2 aliphatic rings. The molecule has 112 valence electrons. The summed E-state index contributed by atoms with van der Waals surface area (Å²) in [7, 11) is 0. The second kappa shape index (κ2) is 8.93. The van der Waals surface area contributed by atoms with Gasteiger partial charge in [-0.2, -0.15) is 0 Å². The van der Waals surface area contributed by atoms with Gasteiger partial charge < -0.3 is 10.2 Å². The first-order valence-corrected chi connectivity index (χ1v) is 6.72. The van der Waals surface area contributed by atoms with Crippen molar-refractivity contribution in [1.82, 2.24) is 0 Å². The van der Waals surface area contributed by atoms with Crippen LogP contribution in [0, 0.1) is 0 Å². The van der Waals surface area contributed by atoms with E-state index in [1.165, 1.54) is 0 Å². The molecule has 0 atom stereocenters. The number of benzene rings is 1. The topological polar surface area (TPSA) is 46.1 Å². The van der Waals surface area contributed by atoms with Crippen LogP contribution in [0.2, 0.25) is 0 Å². The number of rotatable bonds is 1. The fourth-order valence-electron chi connectivity index (χ4n) is 1.89. The molecule has 0 aliphatic heterocycles. The second-order valence-electron chi connectivity index (χ2n) is 4.60. The van der Waals surface area contributed by atoms with E-state index in [0.717, 1.165) is 16.7 Å². The van der Waals surface area contributed by atoms with Gasteiger partial charge in [-0.25, -0.2) is 0 Å². The van der Waals surface area contributed by atoms with Crippen molar-refractivity contribution < 1.29 is 27.3 Å². The van der Waals surface area contributed by atoms with Crippen molar-refractivity contribution in [3.05, 3.63) is 101 Å². The summed E-state index contributed by atoms with van der Waals surface area (Å²) >= 11 is 0. The largest absolute Gasteiger partial charge is 2.00 e. The van der Waals surface area contributed by atoms with Crippen LogP contribution >= 0.6 is 0 Å². The molecule has 0 bridgehead atoms. The third-order valence-electron chi connectivity index (χ3n) is 3.03. The van der Waals surface area contributed by atoms with Crippen LogP contribution in [-0.2, 0) is 17.1 Å². The maximum Gasteiger partial charge on any atom is 2.00 e. The van der Waals surface area contributed by atoms with Gasteiger partial charge in [-0.1, -0.05) is 91.6 Å². The van der Waals surface area contributed by atoms with Crippen LogP contribution in [0.5, 0.6) is 0 Å². The third kappa shape index (κ3) is 4.96. The van der Waals surface area contributed by atoms with Crippen LogP contribution in [-0.4, -0.2) is 0 Å². The summed E-state index contributed by atoms with van der Waals surface area (Å²) < 4.78 is 0. The Labute approximate surface area is 141 Å². The Morgan fingerprint density at radius 1 is 0.727 bits per heavy atom. The summed E-state index contributed by atoms with van der Waals surface area (Å²) in [5.74, 6) is 0.223. The molecule has 0 saturated carbocycles. The Hall–Kier alpha value is -2.22. The molecule has 3 heteroatoms. The van der Waals surface area contributed by atoms with Crippen LogP contribution in [0.25, 0.3) is 5.76 Å². The fraction of sp³-hybridized carbons (Fsp3) is 0.0526. The minimum absolute atomic E-state index is 0. The zero-order valence-corrected chi connectivity index (χ0v) is 13.3. The molecule has 2 aliphatic carbocycles. The smallest absolute Gasteiger partial charge is 0.875 e. The standard InChI is InChI=1S/C12H10O.C7H8O.Fe/c13-12(11-8-4-5-9-11)10-6-2-1-3-7-10;1-6(8)7-4-2-3-5-7;/h1-9,13H;2-5,8H,1H3;/q;;+2/p-2. The Morgan fingerprint density at radius 3 is 1.59 bits per heavy atom. The van der Waals surface area contributed by atoms with E-state index in [0.29, 0.717) is 0 Å². The van der Waals surface area contributed by atoms with Gasteiger partial charge in [0.1, 0.15) is 0 Å². The van der Waals surface area contributed by atoms with Crippen molar-refractivity contribution in [2.75, 3.05) is 0 Å². The Balaban J connectivity index is 0.000000234. The summed E-state index contributed by atoms with van der Waals surface area (Å²) in [6, 6.07) is 9.30. The van der Waals surface area contributed by atoms with Crippen LogP contribution in [0.1, 0.15) is 12.5 Å². The van der Waals surface area contributed by atoms with Gasteiger partial charge in [-0.3, -0.25) is 0 Å². The molecule has 0 saturated heterocycles. The van der Waals surface area contributed by atoms with E-state index >= 15 is 0 Å². The Kier molecular flexibility index (Phi) is 7.24. The first-order chi connectivity index (χ1) is 10.2. The quantitative estimate of drug-likeness (QED) is 0.586. The van der Waals surface area contributed by atoms with Gasteiger partial charge in [0.05, 0.1) is 0 Å². The summed E-state index contributed by atoms with van der Waals surface area (Å²) in [5, 5.41) is 22.2. The van der Waals surface area contributed by atoms with Crippen molar-refractivity contribution in [2.45, 2.75) is 6.92 Å². The average Bonchev–Trinajstić information content (AvgIpc) is 3.21. The van der Waals surface area contributed by atoms with Crippen LogP contribution in [0.4, 0.5) is 0 Å². The first kappa shape index (κ1) is 17.8. The molecule has 0 spiro atoms. The Morgan fingerprint density at radius 2 is 1.18 bits per heavy atom. The average molecular weight is 332 g/mol. The normalized spacial score (nSPS) is 13.7. The van der Waals surface area contributed by atoms with E-state index in [2.05, 4.69) is 0 Å². The fourth-order valence-corrected chi connectivity index (χ4v) is 1.89. The molecule has 1 aromatic rings. The summed E-state index contributed by atoms with van der Waals surface area (Å²) in [5.41, 5.74) is 2.30. The summed E-state index contributed by atoms with van der Waals surface area (Å²) in [4.78, 5) is 0. The number of hydrogen-bond acceptors (Lipinski definition) is 2. The van der Waals surface area contributed by atoms with Gasteiger partial charge in [0.15, 0.2) is 0 Å². The summed E-state index contributed by atoms with van der Waals surface area (Å²) in [6.45, 7) is 1.56. The van der Waals surface area contributed by atoms with Crippen molar-refractivity contribution in [1.29, 1.82) is 0 Å². The van der Waals surface area contributed by atoms with Crippen LogP contribution in [0.3, 0.4) is 0 Å². The predicted octanol–water partition coefficient (Wildman–Crippen LogP) is 2.63. The van der Waals surface area contributed by atoms with E-state index in [1.807, 2.05) is 78.9 Å². The van der Waals surface area contributed by atoms with E-state index in [-0.39, 0.29) is 28.6 Å². The molecule has 1 aromatic carbocycles. The molecule has 0 fully saturated rings. The molecule has 3 rings (SSSR count). The van der Waals surface area contributed by atoms with Gasteiger partial charge >= 0.3 is 17.1 Å². The monoisotopic (exact) mass is 332 g/mol. The molecule has 0 N–H and O–H groups in total. The predicted molar refractivity (Wildman–Crippen MR) is 82.6 cm³/mol. The van der Waals surface area contributed by atoms with Gasteiger partial charge in [-0.15, -0.1) is 5.76 Å². The van der Waals surface area contributed by atoms with Crippen LogP contribution in [0.15, 0.2) is 95.8 Å². The van der Waals surface area contributed by atoms with E-state index in [1.54, 1.807) is 6.92 Å². The van der Waals surface area contributed by atoms with Gasteiger partial charge in [0.2, 0.25) is 0 Å². The third-order valence-corrected chi connectivity index (χ3v) is 3.03. The van der Waals surface area contributed by atoms with E-state index in [4.69, 9.17) is 0 Å². The number of allylic oxidation sites excluding steroid dienone is 11. The molecule has 0 radical (unpaired) electrons. The first-order valence-electron chi connectivity index (χ1n) is 6.72. The molecule has 0 amide bonds. The zero-order valence-electron chi connectivity index (χ0n) is 12.2. The van der Waals surface area contributed by atoms with E-state index in [9.17, 15) is 10.2 Å². The minimum atomic E-state index is 0. The molecular formula is C19H16FeO2. The van der Waals surface area contributed by atoms with E-state index < -0.39 is 0 Å². The van der Waals surface area contributed by atoms with Crippen molar-refractivity contribution in [3.63, 3.8) is 0 Å². The second-order valence-corrected chi connectivity index (χ2v) is 4.60.